The van der Waals surface area contributed by atoms with Crippen molar-refractivity contribution in [2.24, 2.45) is 0 Å². The van der Waals surface area contributed by atoms with Crippen LogP contribution < -0.4 is 10.6 Å². The lowest BCUT2D eigenvalue weighted by Crippen LogP contribution is -2.52. The quantitative estimate of drug-likeness (QED) is 0.208. The molecule has 0 saturated carbocycles. The van der Waals surface area contributed by atoms with Gasteiger partial charge in [-0.2, -0.15) is 13.2 Å². The van der Waals surface area contributed by atoms with Crippen molar-refractivity contribution in [1.82, 2.24) is 20.6 Å². The lowest BCUT2D eigenvalue weighted by Gasteiger charge is -2.23. The Labute approximate surface area is 228 Å². The number of Topliss-reactive ketones (excluding diaryl/α,β-unsaturated/α-hetero) is 1. The Morgan fingerprint density at radius 2 is 1.87 bits per heavy atom. The maximum atomic E-state index is 14.1. The molecule has 0 radical (unpaired) electrons. The molecule has 0 saturated heterocycles. The Hall–Kier alpha value is -3.36. The number of carbonyl (C=O) groups is 3. The summed E-state index contributed by atoms with van der Waals surface area (Å²) in [6.07, 6.45) is -5.36. The number of oxazole rings is 1. The first-order valence-electron chi connectivity index (χ1n) is 11.5. The number of aliphatic hydroxyl groups excluding tert-OH is 1. The Morgan fingerprint density at radius 1 is 1.13 bits per heavy atom. The molecule has 0 bridgehead atoms. The third-order valence-corrected chi connectivity index (χ3v) is 6.40. The SMILES string of the molecule is CC(O)CC[C@H](NC(=O)c1cnc(-c2cc(Cl)ccc2F)o1)C(=O)N[C@@H](CCC(F)(F)F)C(=O)c1nccs1. The van der Waals surface area contributed by atoms with Crippen LogP contribution in [0.4, 0.5) is 17.6 Å². The highest BCUT2D eigenvalue weighted by Crippen LogP contribution is 2.26. The lowest BCUT2D eigenvalue weighted by atomic mass is 10.0. The summed E-state index contributed by atoms with van der Waals surface area (Å²) in [7, 11) is 0. The topological polar surface area (TPSA) is 134 Å². The zero-order valence-corrected chi connectivity index (χ0v) is 21.9. The van der Waals surface area contributed by atoms with Crippen molar-refractivity contribution in [3.63, 3.8) is 0 Å². The van der Waals surface area contributed by atoms with Gasteiger partial charge >= 0.3 is 6.18 Å². The molecule has 1 unspecified atom stereocenters. The van der Waals surface area contributed by atoms with Crippen LogP contribution in [0.2, 0.25) is 5.02 Å². The second kappa shape index (κ2) is 13.1. The molecule has 3 N–H and O–H groups in total. The first-order valence-corrected chi connectivity index (χ1v) is 12.8. The van der Waals surface area contributed by atoms with Crippen LogP contribution in [0.1, 0.15) is 53.0 Å². The van der Waals surface area contributed by atoms with E-state index in [2.05, 4.69) is 20.6 Å². The molecule has 2 aromatic heterocycles. The Morgan fingerprint density at radius 3 is 2.51 bits per heavy atom. The fourth-order valence-electron chi connectivity index (χ4n) is 3.41. The van der Waals surface area contributed by atoms with E-state index in [1.807, 2.05) is 0 Å². The highest BCUT2D eigenvalue weighted by atomic mass is 35.5. The minimum absolute atomic E-state index is 0.0292. The summed E-state index contributed by atoms with van der Waals surface area (Å²) in [5.74, 6) is -4.08. The van der Waals surface area contributed by atoms with Gasteiger partial charge in [0, 0.05) is 23.0 Å². The number of rotatable bonds is 12. The van der Waals surface area contributed by atoms with Crippen molar-refractivity contribution in [1.29, 1.82) is 0 Å². The first-order chi connectivity index (χ1) is 18.3. The third-order valence-electron chi connectivity index (χ3n) is 5.38. The number of alkyl halides is 3. The Balaban J connectivity index is 1.78. The summed E-state index contributed by atoms with van der Waals surface area (Å²) >= 11 is 6.78. The summed E-state index contributed by atoms with van der Waals surface area (Å²) in [5, 5.41) is 15.9. The van der Waals surface area contributed by atoms with Crippen LogP contribution in [0.3, 0.4) is 0 Å². The molecular formula is C24H23ClF4N4O5S. The number of halogens is 5. The van der Waals surface area contributed by atoms with Crippen molar-refractivity contribution in [3.8, 4) is 11.5 Å². The summed E-state index contributed by atoms with van der Waals surface area (Å²) in [6, 6.07) is 0.688. The van der Waals surface area contributed by atoms with Crippen LogP contribution in [0.15, 0.2) is 40.4 Å². The molecule has 3 atom stereocenters. The van der Waals surface area contributed by atoms with Crippen LogP contribution in [0, 0.1) is 5.82 Å². The van der Waals surface area contributed by atoms with Gasteiger partial charge in [0.05, 0.1) is 23.9 Å². The molecule has 0 aliphatic rings. The first kappa shape index (κ1) is 30.2. The minimum atomic E-state index is -4.58. The number of nitrogens with one attached hydrogen (secondary N) is 2. The second-order valence-electron chi connectivity index (χ2n) is 8.52. The van der Waals surface area contributed by atoms with Gasteiger partial charge in [-0.25, -0.2) is 14.4 Å². The average Bonchev–Trinajstić information content (AvgIpc) is 3.57. The number of aliphatic hydroxyl groups is 1. The number of hydrogen-bond acceptors (Lipinski definition) is 8. The van der Waals surface area contributed by atoms with Gasteiger partial charge in [0.2, 0.25) is 23.3 Å². The normalized spacial score (nSPS) is 13.9. The van der Waals surface area contributed by atoms with Gasteiger partial charge in [-0.05, 0) is 44.4 Å². The van der Waals surface area contributed by atoms with E-state index in [1.54, 1.807) is 0 Å². The number of carbonyl (C=O) groups excluding carboxylic acids is 3. The number of thiazole rings is 1. The monoisotopic (exact) mass is 590 g/mol. The van der Waals surface area contributed by atoms with Gasteiger partial charge in [-0.3, -0.25) is 14.4 Å². The van der Waals surface area contributed by atoms with E-state index in [0.29, 0.717) is 0 Å². The Bertz CT molecular complexity index is 1300. The predicted octanol–water partition coefficient (Wildman–Crippen LogP) is 4.56. The van der Waals surface area contributed by atoms with E-state index >= 15 is 0 Å². The molecule has 39 heavy (non-hydrogen) atoms. The number of ketones is 1. The fourth-order valence-corrected chi connectivity index (χ4v) is 4.22. The van der Waals surface area contributed by atoms with Gasteiger partial charge in [0.1, 0.15) is 11.9 Å². The lowest BCUT2D eigenvalue weighted by molar-refractivity contribution is -0.137. The van der Waals surface area contributed by atoms with E-state index in [1.165, 1.54) is 30.6 Å². The van der Waals surface area contributed by atoms with Crippen molar-refractivity contribution in [2.75, 3.05) is 0 Å². The molecule has 2 amide bonds. The number of hydrogen-bond donors (Lipinski definition) is 3. The van der Waals surface area contributed by atoms with Crippen molar-refractivity contribution < 1.29 is 41.5 Å². The maximum absolute atomic E-state index is 14.1. The standard InChI is InChI=1S/C24H23ClF4N4O5S/c1-12(34)2-5-17(20(36)32-16(6-7-24(27,28)29)19(35)23-30-8-9-39-23)33-21(37)18-11-31-22(38-18)14-10-13(25)3-4-15(14)26/h3-4,8-12,16-17,34H,2,5-7H2,1H3,(H,32,36)(H,33,37)/t12?,16-,17-/m0/s1. The van der Waals surface area contributed by atoms with E-state index in [9.17, 15) is 37.1 Å². The summed E-state index contributed by atoms with van der Waals surface area (Å²) in [5.41, 5.74) is -0.113. The van der Waals surface area contributed by atoms with Crippen LogP contribution >= 0.6 is 22.9 Å². The fraction of sp³-hybridized carbons (Fsp3) is 0.375. The number of aromatic nitrogens is 2. The summed E-state index contributed by atoms with van der Waals surface area (Å²) in [4.78, 5) is 46.3. The molecule has 0 aliphatic heterocycles. The summed E-state index contributed by atoms with van der Waals surface area (Å²) < 4.78 is 58.1. The third kappa shape index (κ3) is 8.83. The number of benzene rings is 1. The van der Waals surface area contributed by atoms with Crippen LogP contribution in [-0.2, 0) is 4.79 Å². The van der Waals surface area contributed by atoms with Crippen molar-refractivity contribution in [3.05, 3.63) is 57.6 Å². The van der Waals surface area contributed by atoms with Crippen molar-refractivity contribution >= 4 is 40.5 Å². The Kier molecular flexibility index (Phi) is 10.2. The highest BCUT2D eigenvalue weighted by molar-refractivity contribution is 7.11. The molecule has 0 fully saturated rings. The van der Waals surface area contributed by atoms with Gasteiger partial charge in [-0.1, -0.05) is 11.6 Å². The van der Waals surface area contributed by atoms with Crippen molar-refractivity contribution in [2.45, 2.75) is 57.0 Å². The van der Waals surface area contributed by atoms with Gasteiger partial charge in [0.25, 0.3) is 5.91 Å². The van der Waals surface area contributed by atoms with E-state index in [-0.39, 0.29) is 34.3 Å². The average molecular weight is 591 g/mol. The van der Waals surface area contributed by atoms with Gasteiger partial charge in [-0.15, -0.1) is 11.3 Å². The summed E-state index contributed by atoms with van der Waals surface area (Å²) in [6.45, 7) is 1.44. The molecule has 0 spiro atoms. The zero-order chi connectivity index (χ0) is 28.7. The molecule has 3 rings (SSSR count). The van der Waals surface area contributed by atoms with E-state index < -0.39 is 66.4 Å². The predicted molar refractivity (Wildman–Crippen MR) is 133 cm³/mol. The molecule has 15 heteroatoms. The maximum Gasteiger partial charge on any atom is 0.389 e. The van der Waals surface area contributed by atoms with Crippen LogP contribution in [0.5, 0.6) is 0 Å². The largest absolute Gasteiger partial charge is 0.431 e. The molecule has 3 aromatic rings. The van der Waals surface area contributed by atoms with Gasteiger partial charge in [0.15, 0.2) is 5.01 Å². The smallest absolute Gasteiger partial charge is 0.389 e. The minimum Gasteiger partial charge on any atom is -0.431 e. The molecular weight excluding hydrogens is 568 g/mol. The molecule has 2 heterocycles. The molecule has 210 valence electrons. The number of nitrogens with zero attached hydrogens (tertiary/aromatic N) is 2. The number of amides is 2. The molecule has 9 nitrogen and oxygen atoms in total. The van der Waals surface area contributed by atoms with Crippen LogP contribution in [-0.4, -0.2) is 57.0 Å². The van der Waals surface area contributed by atoms with E-state index in [4.69, 9.17) is 16.0 Å². The molecule has 0 aliphatic carbocycles. The molecule has 1 aromatic carbocycles. The van der Waals surface area contributed by atoms with Gasteiger partial charge < -0.3 is 20.2 Å². The zero-order valence-electron chi connectivity index (χ0n) is 20.3. The van der Waals surface area contributed by atoms with E-state index in [0.717, 1.165) is 23.6 Å². The highest BCUT2D eigenvalue weighted by Gasteiger charge is 2.34. The van der Waals surface area contributed by atoms with Crippen LogP contribution in [0.25, 0.3) is 11.5 Å². The second-order valence-corrected chi connectivity index (χ2v) is 9.85.